The number of nitrogens with two attached hydrogens (primary N) is 1. The molecule has 0 fully saturated rings. The Morgan fingerprint density at radius 3 is 3.00 bits per heavy atom. The normalized spacial score (nSPS) is 13.0. The van der Waals surface area contributed by atoms with E-state index in [0.717, 1.165) is 10.1 Å². The molecular formula is C13H12Cl2N2O2S. The molecule has 0 aliphatic heterocycles. The highest BCUT2D eigenvalue weighted by Crippen LogP contribution is 2.39. The number of hydrogen-bond acceptors (Lipinski definition) is 5. The molecule has 7 heteroatoms. The summed E-state index contributed by atoms with van der Waals surface area (Å²) in [7, 11) is 1.34. The van der Waals surface area contributed by atoms with Crippen molar-refractivity contribution in [1.29, 1.82) is 0 Å². The minimum absolute atomic E-state index is 0.403. The number of esters is 1. The molecule has 0 radical (unpaired) electrons. The molecule has 106 valence electrons. The summed E-state index contributed by atoms with van der Waals surface area (Å²) in [5, 5.41) is 1.39. The van der Waals surface area contributed by atoms with Gasteiger partial charge in [0.05, 0.1) is 18.3 Å². The number of rotatable bonds is 4. The van der Waals surface area contributed by atoms with Crippen LogP contribution in [0, 0.1) is 0 Å². The molecule has 1 unspecified atom stereocenters. The van der Waals surface area contributed by atoms with Crippen molar-refractivity contribution in [1.82, 2.24) is 0 Å². The second kappa shape index (κ2) is 6.54. The first-order valence-electron chi connectivity index (χ1n) is 5.75. The maximum atomic E-state index is 11.8. The summed E-state index contributed by atoms with van der Waals surface area (Å²) >= 11 is 13.0. The molecule has 2 aromatic rings. The van der Waals surface area contributed by atoms with Crippen LogP contribution in [0.3, 0.4) is 0 Å². The van der Waals surface area contributed by atoms with E-state index in [0.29, 0.717) is 22.0 Å². The summed E-state index contributed by atoms with van der Waals surface area (Å²) in [6.07, 6.45) is 1.99. The highest BCUT2D eigenvalue weighted by molar-refractivity contribution is 7.21. The van der Waals surface area contributed by atoms with Crippen LogP contribution >= 0.6 is 34.5 Å². The molecule has 0 aliphatic carbocycles. The molecule has 1 atom stereocenters. The first-order chi connectivity index (χ1) is 9.52. The maximum Gasteiger partial charge on any atom is 0.350 e. The summed E-state index contributed by atoms with van der Waals surface area (Å²) in [4.78, 5) is 16.6. The number of alkyl halides is 1. The Morgan fingerprint density at radius 1 is 1.60 bits per heavy atom. The van der Waals surface area contributed by atoms with Crippen LogP contribution in [0.1, 0.15) is 16.1 Å². The SMILES string of the molecule is COC(=O)c1sc2ccc(Cl)cc2c1N=CCC(N)Cl. The van der Waals surface area contributed by atoms with E-state index >= 15 is 0 Å². The molecule has 2 rings (SSSR count). The average molecular weight is 331 g/mol. The molecule has 4 nitrogen and oxygen atoms in total. The lowest BCUT2D eigenvalue weighted by molar-refractivity contribution is 0.0607. The monoisotopic (exact) mass is 330 g/mol. The van der Waals surface area contributed by atoms with Crippen LogP contribution in [0.5, 0.6) is 0 Å². The lowest BCUT2D eigenvalue weighted by atomic mass is 10.2. The van der Waals surface area contributed by atoms with E-state index < -0.39 is 11.5 Å². The van der Waals surface area contributed by atoms with Gasteiger partial charge in [-0.3, -0.25) is 4.99 Å². The Bertz CT molecular complexity index is 668. The molecule has 1 aromatic heterocycles. The van der Waals surface area contributed by atoms with Crippen molar-refractivity contribution in [3.8, 4) is 0 Å². The Labute approximate surface area is 130 Å². The molecular weight excluding hydrogens is 319 g/mol. The van der Waals surface area contributed by atoms with E-state index in [4.69, 9.17) is 33.7 Å². The zero-order valence-electron chi connectivity index (χ0n) is 10.6. The number of aliphatic imine (C=N–C) groups is 1. The second-order valence-electron chi connectivity index (χ2n) is 3.98. The fourth-order valence-corrected chi connectivity index (χ4v) is 2.96. The van der Waals surface area contributed by atoms with E-state index in [-0.39, 0.29) is 0 Å². The third-order valence-corrected chi connectivity index (χ3v) is 4.10. The van der Waals surface area contributed by atoms with Crippen molar-refractivity contribution in [3.05, 3.63) is 28.1 Å². The predicted octanol–water partition coefficient (Wildman–Crippen LogP) is 3.96. The van der Waals surface area contributed by atoms with Crippen LogP contribution in [0.4, 0.5) is 5.69 Å². The molecule has 0 aliphatic rings. The Hall–Kier alpha value is -1.14. The largest absolute Gasteiger partial charge is 0.465 e. The lowest BCUT2D eigenvalue weighted by Gasteiger charge is -1.99. The molecule has 0 saturated heterocycles. The Balaban J connectivity index is 2.54. The van der Waals surface area contributed by atoms with Crippen LogP contribution in [0.2, 0.25) is 5.02 Å². The average Bonchev–Trinajstić information content (AvgIpc) is 2.76. The van der Waals surface area contributed by atoms with Crippen molar-refractivity contribution in [3.63, 3.8) is 0 Å². The summed E-state index contributed by atoms with van der Waals surface area (Å²) in [6.45, 7) is 0. The second-order valence-corrected chi connectivity index (χ2v) is 6.02. The highest BCUT2D eigenvalue weighted by atomic mass is 35.5. The van der Waals surface area contributed by atoms with Crippen LogP contribution in [0.25, 0.3) is 10.1 Å². The third kappa shape index (κ3) is 3.30. The number of halogens is 2. The summed E-state index contributed by atoms with van der Waals surface area (Å²) in [5.41, 5.74) is 5.49. The van der Waals surface area contributed by atoms with Crippen LogP contribution in [0.15, 0.2) is 23.2 Å². The Kier molecular flexibility index (Phi) is 4.99. The van der Waals surface area contributed by atoms with Gasteiger partial charge in [-0.2, -0.15) is 0 Å². The van der Waals surface area contributed by atoms with Gasteiger partial charge in [-0.15, -0.1) is 22.9 Å². The molecule has 0 spiro atoms. The number of carbonyl (C=O) groups is 1. The molecule has 0 amide bonds. The topological polar surface area (TPSA) is 64.7 Å². The van der Waals surface area contributed by atoms with Crippen molar-refractivity contribution in [2.24, 2.45) is 10.7 Å². The molecule has 2 N–H and O–H groups in total. The van der Waals surface area contributed by atoms with E-state index in [1.807, 2.05) is 6.07 Å². The Morgan fingerprint density at radius 2 is 2.35 bits per heavy atom. The molecule has 20 heavy (non-hydrogen) atoms. The third-order valence-electron chi connectivity index (χ3n) is 2.55. The van der Waals surface area contributed by atoms with Gasteiger partial charge in [0.2, 0.25) is 0 Å². The lowest BCUT2D eigenvalue weighted by Crippen LogP contribution is -2.11. The summed E-state index contributed by atoms with van der Waals surface area (Å²) in [5.74, 6) is -0.426. The number of fused-ring (bicyclic) bond motifs is 1. The zero-order valence-corrected chi connectivity index (χ0v) is 12.9. The summed E-state index contributed by atoms with van der Waals surface area (Å²) in [6, 6.07) is 5.39. The van der Waals surface area contributed by atoms with Gasteiger partial charge in [-0.25, -0.2) is 4.79 Å². The van der Waals surface area contributed by atoms with Gasteiger partial charge in [0.1, 0.15) is 4.88 Å². The number of methoxy groups -OCH3 is 1. The van der Waals surface area contributed by atoms with Crippen molar-refractivity contribution in [2.45, 2.75) is 11.9 Å². The van der Waals surface area contributed by atoms with E-state index in [1.165, 1.54) is 18.4 Å². The number of benzene rings is 1. The van der Waals surface area contributed by atoms with Gasteiger partial charge in [0.15, 0.2) is 0 Å². The quantitative estimate of drug-likeness (QED) is 0.399. The van der Waals surface area contributed by atoms with Gasteiger partial charge in [0.25, 0.3) is 0 Å². The minimum Gasteiger partial charge on any atom is -0.465 e. The standard InChI is InChI=1S/C13H12Cl2N2O2S/c1-19-13(18)12-11(17-5-4-10(15)16)8-6-7(14)2-3-9(8)20-12/h2-3,5-6,10H,4,16H2,1H3. The van der Waals surface area contributed by atoms with E-state index in [9.17, 15) is 4.79 Å². The van der Waals surface area contributed by atoms with Gasteiger partial charge in [0, 0.05) is 27.7 Å². The van der Waals surface area contributed by atoms with Crippen molar-refractivity contribution >= 4 is 62.5 Å². The first-order valence-corrected chi connectivity index (χ1v) is 7.38. The molecule has 0 saturated carbocycles. The molecule has 1 heterocycles. The fourth-order valence-electron chi connectivity index (χ4n) is 1.66. The first kappa shape index (κ1) is 15.3. The van der Waals surface area contributed by atoms with E-state index in [2.05, 4.69) is 4.99 Å². The van der Waals surface area contributed by atoms with Crippen LogP contribution < -0.4 is 5.73 Å². The maximum absolute atomic E-state index is 11.8. The number of nitrogens with zero attached hydrogens (tertiary/aromatic N) is 1. The number of thiophene rings is 1. The summed E-state index contributed by atoms with van der Waals surface area (Å²) < 4.78 is 5.69. The predicted molar refractivity (Wildman–Crippen MR) is 84.8 cm³/mol. The number of ether oxygens (including phenoxy) is 1. The van der Waals surface area contributed by atoms with Gasteiger partial charge in [-0.05, 0) is 18.2 Å². The fraction of sp³-hybridized carbons (Fsp3) is 0.231. The zero-order chi connectivity index (χ0) is 14.7. The number of carbonyl (C=O) groups excluding carboxylic acids is 1. The van der Waals surface area contributed by atoms with E-state index in [1.54, 1.807) is 18.3 Å². The van der Waals surface area contributed by atoms with Crippen molar-refractivity contribution in [2.75, 3.05) is 7.11 Å². The highest BCUT2D eigenvalue weighted by Gasteiger charge is 2.18. The smallest absolute Gasteiger partial charge is 0.350 e. The van der Waals surface area contributed by atoms with Gasteiger partial charge < -0.3 is 10.5 Å². The van der Waals surface area contributed by atoms with Gasteiger partial charge >= 0.3 is 5.97 Å². The molecule has 0 bridgehead atoms. The van der Waals surface area contributed by atoms with Crippen molar-refractivity contribution < 1.29 is 9.53 Å². The molecule has 1 aromatic carbocycles. The minimum atomic E-state index is -0.506. The number of hydrogen-bond donors (Lipinski definition) is 1. The van der Waals surface area contributed by atoms with Crippen LogP contribution in [-0.4, -0.2) is 24.8 Å². The van der Waals surface area contributed by atoms with Gasteiger partial charge in [-0.1, -0.05) is 11.6 Å². The van der Waals surface area contributed by atoms with Crippen LogP contribution in [-0.2, 0) is 4.74 Å².